The summed E-state index contributed by atoms with van der Waals surface area (Å²) in [5.41, 5.74) is 0.431. The highest BCUT2D eigenvalue weighted by atomic mass is 79.9. The van der Waals surface area contributed by atoms with E-state index >= 15 is 0 Å². The van der Waals surface area contributed by atoms with E-state index in [-0.39, 0.29) is 4.90 Å². The molecule has 0 aromatic heterocycles. The molecule has 0 fully saturated rings. The minimum atomic E-state index is -3.63. The summed E-state index contributed by atoms with van der Waals surface area (Å²) in [6.45, 7) is 4.73. The van der Waals surface area contributed by atoms with Crippen LogP contribution in [-0.2, 0) is 10.0 Å². The third-order valence-electron chi connectivity index (χ3n) is 3.25. The third-order valence-corrected chi connectivity index (χ3v) is 6.09. The molecule has 0 bridgehead atoms. The average molecular weight is 363 g/mol. The van der Waals surface area contributed by atoms with Crippen LogP contribution < -0.4 is 0 Å². The minimum Gasteiger partial charge on any atom is -0.373 e. The highest BCUT2D eigenvalue weighted by Gasteiger charge is 2.42. The molecule has 1 aromatic carbocycles. The molecule has 1 unspecified atom stereocenters. The molecule has 7 heteroatoms. The summed E-state index contributed by atoms with van der Waals surface area (Å²) < 4.78 is 27.4. The summed E-state index contributed by atoms with van der Waals surface area (Å²) in [5, 5.41) is 12.0. The van der Waals surface area contributed by atoms with Gasteiger partial charge >= 0.3 is 0 Å². The van der Waals surface area contributed by atoms with Crippen LogP contribution >= 0.6 is 15.9 Å². The Morgan fingerprint density at radius 2 is 1.90 bits per heavy atom. The van der Waals surface area contributed by atoms with Crippen LogP contribution in [0.1, 0.15) is 38.5 Å². The van der Waals surface area contributed by atoms with Crippen molar-refractivity contribution in [1.82, 2.24) is 9.42 Å². The lowest BCUT2D eigenvalue weighted by Gasteiger charge is -2.41. The van der Waals surface area contributed by atoms with Gasteiger partial charge in [0.1, 0.15) is 11.1 Å². The lowest BCUT2D eigenvalue weighted by Crippen LogP contribution is -2.52. The summed E-state index contributed by atoms with van der Waals surface area (Å²) in [7, 11) is -3.63. The molecule has 1 heterocycles. The smallest absolute Gasteiger partial charge is 0.257 e. The molecule has 0 saturated heterocycles. The second-order valence-electron chi connectivity index (χ2n) is 4.75. The Balaban J connectivity index is 2.63. The Labute approximate surface area is 128 Å². The Morgan fingerprint density at radius 3 is 2.50 bits per heavy atom. The lowest BCUT2D eigenvalue weighted by molar-refractivity contribution is -0.104. The molecule has 0 spiro atoms. The van der Waals surface area contributed by atoms with Crippen LogP contribution in [0.25, 0.3) is 0 Å². The minimum absolute atomic E-state index is 0.174. The SMILES string of the molecule is CCCN1C(O)c2cccc(Br)c2S(=O)(=O)N1CCC. The van der Waals surface area contributed by atoms with Crippen LogP contribution in [0.4, 0.5) is 0 Å². The van der Waals surface area contributed by atoms with Gasteiger partial charge in [-0.25, -0.2) is 8.42 Å². The predicted molar refractivity (Wildman–Crippen MR) is 80.3 cm³/mol. The Kier molecular flexibility index (Phi) is 4.86. The normalized spacial score (nSPS) is 22.7. The zero-order valence-electron chi connectivity index (χ0n) is 11.6. The van der Waals surface area contributed by atoms with Gasteiger partial charge in [0.25, 0.3) is 10.0 Å². The second-order valence-corrected chi connectivity index (χ2v) is 7.38. The van der Waals surface area contributed by atoms with E-state index in [0.29, 0.717) is 29.5 Å². The molecule has 0 amide bonds. The first-order valence-electron chi connectivity index (χ1n) is 6.70. The van der Waals surface area contributed by atoms with Crippen molar-refractivity contribution in [1.29, 1.82) is 0 Å². The monoisotopic (exact) mass is 362 g/mol. The molecule has 1 aliphatic heterocycles. The number of benzene rings is 1. The van der Waals surface area contributed by atoms with E-state index in [2.05, 4.69) is 15.9 Å². The van der Waals surface area contributed by atoms with Crippen molar-refractivity contribution in [3.8, 4) is 0 Å². The van der Waals surface area contributed by atoms with Gasteiger partial charge < -0.3 is 5.11 Å². The first-order valence-corrected chi connectivity index (χ1v) is 8.94. The highest BCUT2D eigenvalue weighted by Crippen LogP contribution is 2.39. The Hall–Kier alpha value is -0.470. The van der Waals surface area contributed by atoms with E-state index < -0.39 is 16.3 Å². The molecule has 1 N–H and O–H groups in total. The lowest BCUT2D eigenvalue weighted by atomic mass is 10.2. The quantitative estimate of drug-likeness (QED) is 0.893. The average Bonchev–Trinajstić information content (AvgIpc) is 2.40. The zero-order chi connectivity index (χ0) is 14.9. The molecular weight excluding hydrogens is 344 g/mol. The number of nitrogens with zero attached hydrogens (tertiary/aromatic N) is 2. The van der Waals surface area contributed by atoms with Gasteiger partial charge in [-0.1, -0.05) is 26.0 Å². The number of aliphatic hydroxyl groups is 1. The molecule has 2 rings (SSSR count). The standard InChI is InChI=1S/C13H19BrN2O3S/c1-3-8-15-13(17)10-6-5-7-11(14)12(10)20(18,19)16(15)9-4-2/h5-7,13,17H,3-4,8-9H2,1-2H3. The molecule has 1 atom stereocenters. The maximum Gasteiger partial charge on any atom is 0.257 e. The van der Waals surface area contributed by atoms with Gasteiger partial charge in [-0.15, -0.1) is 4.41 Å². The van der Waals surface area contributed by atoms with Crippen LogP contribution in [0.5, 0.6) is 0 Å². The van der Waals surface area contributed by atoms with Crippen LogP contribution in [-0.4, -0.2) is 36.0 Å². The number of fused-ring (bicyclic) bond motifs is 1. The molecule has 5 nitrogen and oxygen atoms in total. The van der Waals surface area contributed by atoms with Crippen molar-refractivity contribution >= 4 is 26.0 Å². The van der Waals surface area contributed by atoms with Gasteiger partial charge in [0.2, 0.25) is 0 Å². The van der Waals surface area contributed by atoms with E-state index in [1.54, 1.807) is 18.2 Å². The Morgan fingerprint density at radius 1 is 1.25 bits per heavy atom. The highest BCUT2D eigenvalue weighted by molar-refractivity contribution is 9.10. The first kappa shape index (κ1) is 15.9. The van der Waals surface area contributed by atoms with E-state index in [1.165, 1.54) is 9.42 Å². The number of hydrogen-bond acceptors (Lipinski definition) is 4. The van der Waals surface area contributed by atoms with E-state index in [1.807, 2.05) is 13.8 Å². The molecule has 20 heavy (non-hydrogen) atoms. The number of aliphatic hydroxyl groups excluding tert-OH is 1. The van der Waals surface area contributed by atoms with Crippen molar-refractivity contribution in [2.45, 2.75) is 37.8 Å². The number of rotatable bonds is 4. The summed E-state index contributed by atoms with van der Waals surface area (Å²) >= 11 is 3.29. The number of sulfonamides is 1. The molecule has 112 valence electrons. The van der Waals surface area contributed by atoms with E-state index in [9.17, 15) is 13.5 Å². The fraction of sp³-hybridized carbons (Fsp3) is 0.538. The first-order chi connectivity index (χ1) is 9.45. The predicted octanol–water partition coefficient (Wildman–Crippen LogP) is 2.48. The third kappa shape index (κ3) is 2.53. The second kappa shape index (κ2) is 6.11. The summed E-state index contributed by atoms with van der Waals surface area (Å²) in [4.78, 5) is 0.174. The van der Waals surface area contributed by atoms with Crippen molar-refractivity contribution in [3.05, 3.63) is 28.2 Å². The molecule has 0 saturated carbocycles. The van der Waals surface area contributed by atoms with Crippen molar-refractivity contribution in [2.75, 3.05) is 13.1 Å². The summed E-state index contributed by atoms with van der Waals surface area (Å²) in [6, 6.07) is 5.08. The molecule has 0 aliphatic carbocycles. The summed E-state index contributed by atoms with van der Waals surface area (Å²) in [5.74, 6) is 0. The topological polar surface area (TPSA) is 60.9 Å². The van der Waals surface area contributed by atoms with Crippen molar-refractivity contribution in [2.24, 2.45) is 0 Å². The zero-order valence-corrected chi connectivity index (χ0v) is 14.0. The van der Waals surface area contributed by atoms with Gasteiger partial charge in [0, 0.05) is 23.1 Å². The fourth-order valence-electron chi connectivity index (χ4n) is 2.43. The van der Waals surface area contributed by atoms with Crippen molar-refractivity contribution in [3.63, 3.8) is 0 Å². The molecule has 1 aromatic rings. The van der Waals surface area contributed by atoms with Gasteiger partial charge in [0.15, 0.2) is 0 Å². The Bertz CT molecular complexity index is 591. The summed E-state index contributed by atoms with van der Waals surface area (Å²) in [6.07, 6.45) is 0.514. The number of hydrogen-bond donors (Lipinski definition) is 1. The van der Waals surface area contributed by atoms with Gasteiger partial charge in [-0.2, -0.15) is 5.01 Å². The van der Waals surface area contributed by atoms with Gasteiger partial charge in [0.05, 0.1) is 0 Å². The van der Waals surface area contributed by atoms with Crippen LogP contribution in [0.15, 0.2) is 27.6 Å². The maximum absolute atomic E-state index is 12.8. The molecular formula is C13H19BrN2O3S. The van der Waals surface area contributed by atoms with Crippen molar-refractivity contribution < 1.29 is 13.5 Å². The van der Waals surface area contributed by atoms with Gasteiger partial charge in [-0.05, 0) is 34.8 Å². The van der Waals surface area contributed by atoms with Crippen LogP contribution in [0, 0.1) is 0 Å². The largest absolute Gasteiger partial charge is 0.373 e. The number of halogens is 1. The fourth-order valence-corrected chi connectivity index (χ4v) is 5.29. The van der Waals surface area contributed by atoms with Crippen LogP contribution in [0.2, 0.25) is 0 Å². The van der Waals surface area contributed by atoms with E-state index in [4.69, 9.17) is 0 Å². The van der Waals surface area contributed by atoms with Crippen LogP contribution in [0.3, 0.4) is 0 Å². The van der Waals surface area contributed by atoms with Gasteiger partial charge in [-0.3, -0.25) is 0 Å². The van der Waals surface area contributed by atoms with E-state index in [0.717, 1.165) is 6.42 Å². The maximum atomic E-state index is 12.8. The number of hydrazine groups is 1. The molecule has 1 aliphatic rings. The molecule has 0 radical (unpaired) electrons.